The Labute approximate surface area is 113 Å². The van der Waals surface area contributed by atoms with Crippen LogP contribution in [0.15, 0.2) is 15.5 Å². The van der Waals surface area contributed by atoms with Crippen molar-refractivity contribution in [3.63, 3.8) is 0 Å². The number of methoxy groups -OCH3 is 1. The van der Waals surface area contributed by atoms with Crippen LogP contribution < -0.4 is 10.9 Å². The van der Waals surface area contributed by atoms with Gasteiger partial charge in [0.25, 0.3) is 5.56 Å². The van der Waals surface area contributed by atoms with Gasteiger partial charge in [-0.05, 0) is 15.9 Å². The van der Waals surface area contributed by atoms with Gasteiger partial charge in [0.1, 0.15) is 10.1 Å². The molecule has 0 bridgehead atoms. The number of aromatic nitrogens is 2. The van der Waals surface area contributed by atoms with E-state index in [1.54, 1.807) is 20.4 Å². The molecule has 1 atom stereocenters. The molecule has 6 nitrogen and oxygen atoms in total. The second kappa shape index (κ2) is 5.38. The van der Waals surface area contributed by atoms with Crippen molar-refractivity contribution in [3.05, 3.63) is 21.0 Å². The summed E-state index contributed by atoms with van der Waals surface area (Å²) < 4.78 is 12.6. The summed E-state index contributed by atoms with van der Waals surface area (Å²) in [6, 6.07) is 0. The molecule has 0 radical (unpaired) electrons. The highest BCUT2D eigenvalue weighted by Gasteiger charge is 2.34. The molecule has 0 saturated carbocycles. The lowest BCUT2D eigenvalue weighted by Gasteiger charge is -2.26. The van der Waals surface area contributed by atoms with Gasteiger partial charge in [0.15, 0.2) is 0 Å². The number of anilines is 1. The van der Waals surface area contributed by atoms with Gasteiger partial charge in [0, 0.05) is 33.7 Å². The fourth-order valence-electron chi connectivity index (χ4n) is 1.85. The minimum absolute atomic E-state index is 0.172. The first kappa shape index (κ1) is 13.5. The molecule has 1 aliphatic rings. The van der Waals surface area contributed by atoms with Gasteiger partial charge in [0.2, 0.25) is 0 Å². The Morgan fingerprint density at radius 2 is 2.50 bits per heavy atom. The molecule has 0 spiro atoms. The van der Waals surface area contributed by atoms with Crippen molar-refractivity contribution in [1.29, 1.82) is 0 Å². The second-order valence-corrected chi connectivity index (χ2v) is 5.14. The Morgan fingerprint density at radius 1 is 1.72 bits per heavy atom. The Bertz CT molecular complexity index is 483. The second-order valence-electron chi connectivity index (χ2n) is 4.34. The third-order valence-electron chi connectivity index (χ3n) is 3.18. The van der Waals surface area contributed by atoms with Crippen LogP contribution in [0.2, 0.25) is 0 Å². The number of ether oxygens (including phenoxy) is 2. The first-order valence-electron chi connectivity index (χ1n) is 5.66. The smallest absolute Gasteiger partial charge is 0.282 e. The summed E-state index contributed by atoms with van der Waals surface area (Å²) in [5.41, 5.74) is 0.177. The van der Waals surface area contributed by atoms with Gasteiger partial charge in [-0.3, -0.25) is 4.79 Å². The van der Waals surface area contributed by atoms with E-state index in [9.17, 15) is 4.79 Å². The molecular weight excluding hydrogens is 302 g/mol. The van der Waals surface area contributed by atoms with Crippen molar-refractivity contribution >= 4 is 21.6 Å². The monoisotopic (exact) mass is 317 g/mol. The Morgan fingerprint density at radius 3 is 3.11 bits per heavy atom. The van der Waals surface area contributed by atoms with Crippen molar-refractivity contribution in [2.45, 2.75) is 12.0 Å². The average molecular weight is 318 g/mol. The van der Waals surface area contributed by atoms with Gasteiger partial charge in [-0.2, -0.15) is 5.10 Å². The number of halogens is 1. The van der Waals surface area contributed by atoms with Gasteiger partial charge < -0.3 is 14.8 Å². The van der Waals surface area contributed by atoms with Gasteiger partial charge >= 0.3 is 0 Å². The lowest BCUT2D eigenvalue weighted by Crippen LogP contribution is -2.40. The van der Waals surface area contributed by atoms with Crippen LogP contribution in [0.5, 0.6) is 0 Å². The standard InChI is InChI=1S/C11H16BrN3O3/c1-15-10(16)9(12)8(5-14-15)13-6-11(17-2)3-4-18-7-11/h5,13H,3-4,6-7H2,1-2H3. The molecule has 0 amide bonds. The summed E-state index contributed by atoms with van der Waals surface area (Å²) in [6.07, 6.45) is 2.46. The van der Waals surface area contributed by atoms with E-state index in [2.05, 4.69) is 26.3 Å². The molecule has 1 aliphatic heterocycles. The van der Waals surface area contributed by atoms with Crippen LogP contribution in [-0.4, -0.2) is 42.2 Å². The molecule has 18 heavy (non-hydrogen) atoms. The van der Waals surface area contributed by atoms with Crippen LogP contribution in [0, 0.1) is 0 Å². The first-order chi connectivity index (χ1) is 8.58. The average Bonchev–Trinajstić information content (AvgIpc) is 2.85. The van der Waals surface area contributed by atoms with Crippen molar-refractivity contribution in [3.8, 4) is 0 Å². The summed E-state index contributed by atoms with van der Waals surface area (Å²) in [6.45, 7) is 1.84. The third kappa shape index (κ3) is 2.57. The topological polar surface area (TPSA) is 65.4 Å². The molecule has 2 rings (SSSR count). The Balaban J connectivity index is 2.11. The molecule has 100 valence electrons. The van der Waals surface area contributed by atoms with E-state index in [1.807, 2.05) is 0 Å². The summed E-state index contributed by atoms with van der Waals surface area (Å²) in [4.78, 5) is 11.7. The van der Waals surface area contributed by atoms with Crippen LogP contribution >= 0.6 is 15.9 Å². The Hall–Kier alpha value is -0.920. The van der Waals surface area contributed by atoms with Gasteiger partial charge in [-0.1, -0.05) is 0 Å². The summed E-state index contributed by atoms with van der Waals surface area (Å²) in [5.74, 6) is 0. The molecular formula is C11H16BrN3O3. The number of hydrogen-bond donors (Lipinski definition) is 1. The Kier molecular flexibility index (Phi) is 4.04. The zero-order chi connectivity index (χ0) is 13.2. The fourth-order valence-corrected chi connectivity index (χ4v) is 2.35. The molecule has 1 saturated heterocycles. The van der Waals surface area contributed by atoms with Gasteiger partial charge in [-0.15, -0.1) is 0 Å². The fraction of sp³-hybridized carbons (Fsp3) is 0.636. The summed E-state index contributed by atoms with van der Waals surface area (Å²) in [5, 5.41) is 7.16. The molecule has 0 aromatic carbocycles. The zero-order valence-corrected chi connectivity index (χ0v) is 12.0. The number of hydrogen-bond acceptors (Lipinski definition) is 5. The predicted molar refractivity (Wildman–Crippen MR) is 70.8 cm³/mol. The normalized spacial score (nSPS) is 23.3. The number of aryl methyl sites for hydroxylation is 1. The maximum absolute atomic E-state index is 11.7. The van der Waals surface area contributed by atoms with Crippen LogP contribution in [0.1, 0.15) is 6.42 Å². The minimum Gasteiger partial charge on any atom is -0.380 e. The summed E-state index contributed by atoms with van der Waals surface area (Å²) >= 11 is 3.27. The van der Waals surface area contributed by atoms with Crippen LogP contribution in [-0.2, 0) is 16.5 Å². The largest absolute Gasteiger partial charge is 0.380 e. The van der Waals surface area contributed by atoms with Crippen molar-refractivity contribution in [1.82, 2.24) is 9.78 Å². The number of nitrogens with zero attached hydrogens (tertiary/aromatic N) is 2. The van der Waals surface area contributed by atoms with E-state index in [0.29, 0.717) is 29.9 Å². The molecule has 1 aromatic rings. The highest BCUT2D eigenvalue weighted by molar-refractivity contribution is 9.10. The highest BCUT2D eigenvalue weighted by Crippen LogP contribution is 2.24. The van der Waals surface area contributed by atoms with Crippen LogP contribution in [0.3, 0.4) is 0 Å². The van der Waals surface area contributed by atoms with E-state index in [4.69, 9.17) is 9.47 Å². The van der Waals surface area contributed by atoms with Gasteiger partial charge in [0.05, 0.1) is 18.5 Å². The maximum Gasteiger partial charge on any atom is 0.282 e. The summed E-state index contributed by atoms with van der Waals surface area (Å²) in [7, 11) is 3.28. The van der Waals surface area contributed by atoms with E-state index in [1.165, 1.54) is 4.68 Å². The van der Waals surface area contributed by atoms with E-state index >= 15 is 0 Å². The van der Waals surface area contributed by atoms with Crippen molar-refractivity contribution < 1.29 is 9.47 Å². The van der Waals surface area contributed by atoms with Crippen molar-refractivity contribution in [2.75, 3.05) is 32.2 Å². The van der Waals surface area contributed by atoms with E-state index < -0.39 is 0 Å². The van der Waals surface area contributed by atoms with Gasteiger partial charge in [-0.25, -0.2) is 4.68 Å². The predicted octanol–water partition coefficient (Wildman–Crippen LogP) is 0.760. The molecule has 1 unspecified atom stereocenters. The lowest BCUT2D eigenvalue weighted by molar-refractivity contribution is -0.00621. The first-order valence-corrected chi connectivity index (χ1v) is 6.46. The zero-order valence-electron chi connectivity index (χ0n) is 10.4. The molecule has 1 N–H and O–H groups in total. The third-order valence-corrected chi connectivity index (χ3v) is 3.95. The molecule has 1 fully saturated rings. The van der Waals surface area contributed by atoms with Crippen LogP contribution in [0.4, 0.5) is 5.69 Å². The minimum atomic E-state index is -0.319. The maximum atomic E-state index is 11.7. The molecule has 2 heterocycles. The SMILES string of the molecule is COC1(CNc2cnn(C)c(=O)c2Br)CCOC1. The number of nitrogens with one attached hydrogen (secondary N) is 1. The van der Waals surface area contributed by atoms with E-state index in [0.717, 1.165) is 6.42 Å². The molecule has 1 aromatic heterocycles. The highest BCUT2D eigenvalue weighted by atomic mass is 79.9. The molecule has 7 heteroatoms. The number of rotatable bonds is 4. The van der Waals surface area contributed by atoms with E-state index in [-0.39, 0.29) is 11.2 Å². The lowest BCUT2D eigenvalue weighted by atomic mass is 10.0. The quantitative estimate of drug-likeness (QED) is 0.888. The van der Waals surface area contributed by atoms with Crippen LogP contribution in [0.25, 0.3) is 0 Å². The van der Waals surface area contributed by atoms with Crippen molar-refractivity contribution in [2.24, 2.45) is 7.05 Å². The molecule has 0 aliphatic carbocycles.